The topological polar surface area (TPSA) is 74.1 Å². The van der Waals surface area contributed by atoms with Crippen molar-refractivity contribution in [2.75, 3.05) is 5.32 Å². The van der Waals surface area contributed by atoms with Gasteiger partial charge in [-0.15, -0.1) is 0 Å². The summed E-state index contributed by atoms with van der Waals surface area (Å²) in [5.74, 6) is 1.67. The van der Waals surface area contributed by atoms with Crippen molar-refractivity contribution in [3.05, 3.63) is 52.9 Å². The smallest absolute Gasteiger partial charge is 0.152 e. The molecule has 0 spiro atoms. The van der Waals surface area contributed by atoms with Gasteiger partial charge in [0.2, 0.25) is 0 Å². The molecule has 21 heavy (non-hydrogen) atoms. The Bertz CT molecular complexity index is 764. The third-order valence-corrected chi connectivity index (χ3v) is 3.44. The van der Waals surface area contributed by atoms with Crippen molar-refractivity contribution in [3.63, 3.8) is 0 Å². The second-order valence-electron chi connectivity index (χ2n) is 4.70. The van der Waals surface area contributed by atoms with E-state index in [1.165, 1.54) is 0 Å². The minimum Gasteiger partial charge on any atom is -0.506 e. The van der Waals surface area contributed by atoms with Gasteiger partial charge in [-0.25, -0.2) is 0 Å². The molecule has 0 fully saturated rings. The zero-order valence-corrected chi connectivity index (χ0v) is 12.1. The first-order chi connectivity index (χ1) is 10.1. The molecule has 5 nitrogen and oxygen atoms in total. The van der Waals surface area contributed by atoms with Crippen molar-refractivity contribution in [1.29, 1.82) is 0 Å². The minimum absolute atomic E-state index is 0.0669. The van der Waals surface area contributed by atoms with Crippen molar-refractivity contribution < 1.29 is 9.52 Å². The van der Waals surface area contributed by atoms with E-state index in [2.05, 4.69) is 15.5 Å². The second-order valence-corrected chi connectivity index (χ2v) is 5.11. The number of phenols is 1. The van der Waals surface area contributed by atoms with Gasteiger partial charge in [-0.2, -0.15) is 5.10 Å². The van der Waals surface area contributed by atoms with Gasteiger partial charge in [0.1, 0.15) is 17.2 Å². The van der Waals surface area contributed by atoms with Crippen LogP contribution in [-0.2, 0) is 6.54 Å². The molecular formula is C15H14ClN3O2. The third-order valence-electron chi connectivity index (χ3n) is 3.14. The van der Waals surface area contributed by atoms with Crippen LogP contribution in [0.3, 0.4) is 0 Å². The quantitative estimate of drug-likeness (QED) is 0.638. The number of nitrogens with zero attached hydrogens (tertiary/aromatic N) is 1. The van der Waals surface area contributed by atoms with Gasteiger partial charge in [-0.1, -0.05) is 11.6 Å². The maximum Gasteiger partial charge on any atom is 0.152 e. The average molecular weight is 304 g/mol. The van der Waals surface area contributed by atoms with E-state index in [9.17, 15) is 5.11 Å². The number of benzene rings is 1. The number of phenolic OH excluding ortho intramolecular Hbond substituents is 1. The van der Waals surface area contributed by atoms with Crippen LogP contribution in [-0.4, -0.2) is 15.3 Å². The van der Waals surface area contributed by atoms with Gasteiger partial charge in [0.15, 0.2) is 5.76 Å². The predicted octanol–water partition coefficient (Wildman–Crippen LogP) is 3.95. The zero-order chi connectivity index (χ0) is 14.8. The lowest BCUT2D eigenvalue weighted by atomic mass is 10.2. The largest absolute Gasteiger partial charge is 0.506 e. The normalized spacial score (nSPS) is 10.8. The Labute approximate surface area is 126 Å². The van der Waals surface area contributed by atoms with E-state index in [4.69, 9.17) is 16.0 Å². The van der Waals surface area contributed by atoms with Gasteiger partial charge in [0.25, 0.3) is 0 Å². The number of aromatic amines is 1. The van der Waals surface area contributed by atoms with Crippen molar-refractivity contribution in [2.45, 2.75) is 13.5 Å². The molecule has 0 bridgehead atoms. The van der Waals surface area contributed by atoms with E-state index in [-0.39, 0.29) is 5.75 Å². The van der Waals surface area contributed by atoms with Crippen molar-refractivity contribution in [1.82, 2.24) is 10.2 Å². The lowest BCUT2D eigenvalue weighted by molar-refractivity contribution is 0.475. The number of rotatable bonds is 4. The van der Waals surface area contributed by atoms with Crippen LogP contribution >= 0.6 is 11.6 Å². The highest BCUT2D eigenvalue weighted by atomic mass is 35.5. The maximum atomic E-state index is 9.40. The lowest BCUT2D eigenvalue weighted by Crippen LogP contribution is -1.99. The Morgan fingerprint density at radius 3 is 2.90 bits per heavy atom. The monoisotopic (exact) mass is 303 g/mol. The van der Waals surface area contributed by atoms with E-state index >= 15 is 0 Å². The van der Waals surface area contributed by atoms with Gasteiger partial charge in [0, 0.05) is 17.8 Å². The van der Waals surface area contributed by atoms with E-state index in [0.717, 1.165) is 28.5 Å². The maximum absolute atomic E-state index is 9.40. The molecule has 0 saturated carbocycles. The van der Waals surface area contributed by atoms with E-state index in [1.807, 2.05) is 19.1 Å². The third kappa shape index (κ3) is 2.87. The molecule has 3 rings (SSSR count). The number of hydrogen-bond donors (Lipinski definition) is 3. The minimum atomic E-state index is 0.0669. The Balaban J connectivity index is 1.77. The summed E-state index contributed by atoms with van der Waals surface area (Å²) in [6.07, 6.45) is 1.75. The molecule has 0 aliphatic carbocycles. The van der Waals surface area contributed by atoms with Crippen molar-refractivity contribution in [3.8, 4) is 17.2 Å². The molecule has 0 amide bonds. The molecule has 0 radical (unpaired) electrons. The molecule has 0 aliphatic rings. The van der Waals surface area contributed by atoms with Gasteiger partial charge in [-0.05, 0) is 37.3 Å². The summed E-state index contributed by atoms with van der Waals surface area (Å²) in [5.41, 5.74) is 2.65. The zero-order valence-electron chi connectivity index (χ0n) is 11.4. The van der Waals surface area contributed by atoms with Gasteiger partial charge in [-0.3, -0.25) is 5.10 Å². The summed E-state index contributed by atoms with van der Waals surface area (Å²) in [5, 5.41) is 20.0. The summed E-state index contributed by atoms with van der Waals surface area (Å²) in [6.45, 7) is 2.46. The summed E-state index contributed by atoms with van der Waals surface area (Å²) < 4.78 is 5.60. The SMILES string of the molecule is Cc1ccc(-c2[nH]ncc2CNc2ccc(O)c(Cl)c2)o1. The first-order valence-corrected chi connectivity index (χ1v) is 6.83. The average Bonchev–Trinajstić information content (AvgIpc) is 3.08. The fourth-order valence-electron chi connectivity index (χ4n) is 2.04. The molecule has 2 aromatic heterocycles. The Morgan fingerprint density at radius 2 is 2.19 bits per heavy atom. The number of anilines is 1. The number of aromatic hydroxyl groups is 1. The number of H-pyrrole nitrogens is 1. The molecule has 2 heterocycles. The molecule has 3 N–H and O–H groups in total. The molecule has 6 heteroatoms. The molecule has 0 atom stereocenters. The van der Waals surface area contributed by atoms with Crippen molar-refractivity contribution in [2.24, 2.45) is 0 Å². The number of halogens is 1. The Hall–Kier alpha value is -2.40. The molecule has 0 saturated heterocycles. The van der Waals surface area contributed by atoms with Crippen LogP contribution in [0.5, 0.6) is 5.75 Å². The van der Waals surface area contributed by atoms with E-state index in [1.54, 1.807) is 24.4 Å². The van der Waals surface area contributed by atoms with Crippen molar-refractivity contribution >= 4 is 17.3 Å². The van der Waals surface area contributed by atoms with Crippen LogP contribution in [0, 0.1) is 6.92 Å². The van der Waals surface area contributed by atoms with Gasteiger partial charge in [0.05, 0.1) is 11.2 Å². The van der Waals surface area contributed by atoms with Crippen LogP contribution in [0.25, 0.3) is 11.5 Å². The van der Waals surface area contributed by atoms with Crippen LogP contribution < -0.4 is 5.32 Å². The first kappa shape index (κ1) is 13.6. The van der Waals surface area contributed by atoms with Crippen LogP contribution in [0.15, 0.2) is 40.9 Å². The van der Waals surface area contributed by atoms with E-state index in [0.29, 0.717) is 11.6 Å². The summed E-state index contributed by atoms with van der Waals surface area (Å²) in [4.78, 5) is 0. The van der Waals surface area contributed by atoms with Crippen LogP contribution in [0.1, 0.15) is 11.3 Å². The first-order valence-electron chi connectivity index (χ1n) is 6.45. The molecule has 0 unspecified atom stereocenters. The number of aryl methyl sites for hydroxylation is 1. The lowest BCUT2D eigenvalue weighted by Gasteiger charge is -2.07. The number of nitrogens with one attached hydrogen (secondary N) is 2. The molecular weight excluding hydrogens is 290 g/mol. The number of furan rings is 1. The van der Waals surface area contributed by atoms with Gasteiger partial charge >= 0.3 is 0 Å². The summed E-state index contributed by atoms with van der Waals surface area (Å²) >= 11 is 5.88. The van der Waals surface area contributed by atoms with Crippen LogP contribution in [0.2, 0.25) is 5.02 Å². The Morgan fingerprint density at radius 1 is 1.33 bits per heavy atom. The molecule has 1 aromatic carbocycles. The summed E-state index contributed by atoms with van der Waals surface area (Å²) in [7, 11) is 0. The molecule has 0 aliphatic heterocycles. The van der Waals surface area contributed by atoms with E-state index < -0.39 is 0 Å². The molecule has 108 valence electrons. The number of hydrogen-bond acceptors (Lipinski definition) is 4. The highest BCUT2D eigenvalue weighted by Gasteiger charge is 2.11. The Kier molecular flexibility index (Phi) is 3.58. The van der Waals surface area contributed by atoms with Crippen LogP contribution in [0.4, 0.5) is 5.69 Å². The fourth-order valence-corrected chi connectivity index (χ4v) is 2.22. The highest BCUT2D eigenvalue weighted by molar-refractivity contribution is 6.32. The number of aromatic nitrogens is 2. The summed E-state index contributed by atoms with van der Waals surface area (Å²) in [6, 6.07) is 8.80. The second kappa shape index (κ2) is 5.54. The highest BCUT2D eigenvalue weighted by Crippen LogP contribution is 2.27. The standard InChI is InChI=1S/C15H14ClN3O2/c1-9-2-5-14(21-9)15-10(8-18-19-15)7-17-11-3-4-13(20)12(16)6-11/h2-6,8,17,20H,7H2,1H3,(H,18,19). The molecule has 3 aromatic rings. The van der Waals surface area contributed by atoms with Gasteiger partial charge < -0.3 is 14.8 Å². The fraction of sp³-hybridized carbons (Fsp3) is 0.133. The predicted molar refractivity (Wildman–Crippen MR) is 81.5 cm³/mol.